The van der Waals surface area contributed by atoms with Crippen LogP contribution in [0, 0.1) is 0 Å². The average Bonchev–Trinajstić information content (AvgIpc) is 2.58. The van der Waals surface area contributed by atoms with Gasteiger partial charge in [-0.2, -0.15) is 12.6 Å². The van der Waals surface area contributed by atoms with Crippen LogP contribution in [0.2, 0.25) is 0 Å². The lowest BCUT2D eigenvalue weighted by atomic mass is 10.0. The van der Waals surface area contributed by atoms with E-state index in [9.17, 15) is 14.4 Å². The van der Waals surface area contributed by atoms with Gasteiger partial charge >= 0.3 is 5.97 Å². The molecule has 126 valence electrons. The standard InChI is InChI=1S/C15H21N3O4S/c1-22-15(21)12(9-23)18-14(20)11(17-13(19)8-16)7-10-5-3-2-4-6-10/h2-6,11-12,23H,7-9,16H2,1H3,(H,17,19)(H,18,20)/t11-,12+/m0/s1. The first kappa shape index (κ1) is 19.0. The minimum absolute atomic E-state index is 0.0846. The number of nitrogens with two attached hydrogens (primary N) is 1. The molecule has 0 unspecified atom stereocenters. The van der Waals surface area contributed by atoms with Gasteiger partial charge in [-0.15, -0.1) is 0 Å². The molecule has 0 aromatic heterocycles. The van der Waals surface area contributed by atoms with Crippen molar-refractivity contribution in [2.45, 2.75) is 18.5 Å². The normalized spacial score (nSPS) is 12.8. The molecule has 0 bridgehead atoms. The van der Waals surface area contributed by atoms with Crippen molar-refractivity contribution in [3.63, 3.8) is 0 Å². The highest BCUT2D eigenvalue weighted by molar-refractivity contribution is 7.80. The van der Waals surface area contributed by atoms with Gasteiger partial charge in [-0.25, -0.2) is 4.79 Å². The summed E-state index contributed by atoms with van der Waals surface area (Å²) in [6.07, 6.45) is 0.277. The Bertz CT molecular complexity index is 539. The van der Waals surface area contributed by atoms with Crippen molar-refractivity contribution in [1.29, 1.82) is 0 Å². The molecular weight excluding hydrogens is 318 g/mol. The zero-order valence-corrected chi connectivity index (χ0v) is 13.7. The number of hydrogen-bond acceptors (Lipinski definition) is 6. The predicted molar refractivity (Wildman–Crippen MR) is 88.9 cm³/mol. The fraction of sp³-hybridized carbons (Fsp3) is 0.400. The van der Waals surface area contributed by atoms with Crippen molar-refractivity contribution in [3.05, 3.63) is 35.9 Å². The van der Waals surface area contributed by atoms with Crippen LogP contribution >= 0.6 is 12.6 Å². The minimum atomic E-state index is -0.885. The van der Waals surface area contributed by atoms with Crippen LogP contribution in [0.4, 0.5) is 0 Å². The molecule has 7 nitrogen and oxygen atoms in total. The van der Waals surface area contributed by atoms with Gasteiger partial charge in [0.1, 0.15) is 12.1 Å². The number of ether oxygens (including phenoxy) is 1. The number of thiol groups is 1. The van der Waals surface area contributed by atoms with E-state index in [0.717, 1.165) is 5.56 Å². The van der Waals surface area contributed by atoms with Gasteiger partial charge in [0.25, 0.3) is 0 Å². The zero-order valence-electron chi connectivity index (χ0n) is 12.8. The van der Waals surface area contributed by atoms with Crippen LogP contribution in [0.3, 0.4) is 0 Å². The molecule has 0 radical (unpaired) electrons. The van der Waals surface area contributed by atoms with E-state index in [0.29, 0.717) is 0 Å². The number of hydrogen-bond donors (Lipinski definition) is 4. The highest BCUT2D eigenvalue weighted by Crippen LogP contribution is 2.04. The molecule has 1 aromatic rings. The lowest BCUT2D eigenvalue weighted by Gasteiger charge is -2.21. The lowest BCUT2D eigenvalue weighted by Crippen LogP contribution is -2.54. The summed E-state index contributed by atoms with van der Waals surface area (Å²) in [5.41, 5.74) is 6.15. The first-order valence-corrected chi connectivity index (χ1v) is 7.67. The number of amides is 2. The Labute approximate surface area is 140 Å². The summed E-state index contributed by atoms with van der Waals surface area (Å²) in [7, 11) is 1.22. The summed E-state index contributed by atoms with van der Waals surface area (Å²) < 4.78 is 4.59. The van der Waals surface area contributed by atoms with Crippen molar-refractivity contribution < 1.29 is 19.1 Å². The third kappa shape index (κ3) is 6.29. The summed E-state index contributed by atoms with van der Waals surface area (Å²) in [5, 5.41) is 5.07. The number of carbonyl (C=O) groups is 3. The van der Waals surface area contributed by atoms with Gasteiger partial charge in [0.2, 0.25) is 11.8 Å². The van der Waals surface area contributed by atoms with Gasteiger partial charge in [-0.1, -0.05) is 30.3 Å². The fourth-order valence-electron chi connectivity index (χ4n) is 1.91. The first-order valence-electron chi connectivity index (χ1n) is 7.04. The number of methoxy groups -OCH3 is 1. The van der Waals surface area contributed by atoms with Crippen LogP contribution in [-0.4, -0.2) is 49.3 Å². The van der Waals surface area contributed by atoms with Crippen LogP contribution in [0.15, 0.2) is 30.3 Å². The Hall–Kier alpha value is -2.06. The Morgan fingerprint density at radius 3 is 2.35 bits per heavy atom. The molecule has 1 aromatic carbocycles. The smallest absolute Gasteiger partial charge is 0.329 e. The van der Waals surface area contributed by atoms with E-state index in [2.05, 4.69) is 28.0 Å². The second-order valence-electron chi connectivity index (χ2n) is 4.78. The molecule has 0 spiro atoms. The second kappa shape index (κ2) is 9.86. The predicted octanol–water partition coefficient (Wildman–Crippen LogP) is -0.740. The van der Waals surface area contributed by atoms with E-state index < -0.39 is 29.9 Å². The van der Waals surface area contributed by atoms with Crippen LogP contribution in [-0.2, 0) is 25.5 Å². The molecule has 0 saturated carbocycles. The van der Waals surface area contributed by atoms with Crippen LogP contribution in [0.1, 0.15) is 5.56 Å². The van der Waals surface area contributed by atoms with E-state index in [-0.39, 0.29) is 18.7 Å². The molecule has 8 heteroatoms. The largest absolute Gasteiger partial charge is 0.467 e. The molecule has 0 aliphatic rings. The molecule has 23 heavy (non-hydrogen) atoms. The van der Waals surface area contributed by atoms with Gasteiger partial charge in [0.05, 0.1) is 13.7 Å². The van der Waals surface area contributed by atoms with Gasteiger partial charge in [-0.3, -0.25) is 9.59 Å². The highest BCUT2D eigenvalue weighted by atomic mass is 32.1. The summed E-state index contributed by atoms with van der Waals surface area (Å²) in [6, 6.07) is 7.46. The number of esters is 1. The molecular formula is C15H21N3O4S. The van der Waals surface area contributed by atoms with Gasteiger partial charge in [-0.05, 0) is 5.56 Å². The molecule has 2 atom stereocenters. The topological polar surface area (TPSA) is 111 Å². The van der Waals surface area contributed by atoms with Crippen molar-refractivity contribution in [2.75, 3.05) is 19.4 Å². The Balaban J connectivity index is 2.83. The molecule has 4 N–H and O–H groups in total. The minimum Gasteiger partial charge on any atom is -0.467 e. The summed E-state index contributed by atoms with van der Waals surface area (Å²) in [6.45, 7) is -0.231. The van der Waals surface area contributed by atoms with E-state index in [1.54, 1.807) is 0 Å². The molecule has 0 saturated heterocycles. The lowest BCUT2D eigenvalue weighted by molar-refractivity contribution is -0.144. The second-order valence-corrected chi connectivity index (χ2v) is 5.15. The van der Waals surface area contributed by atoms with Crippen molar-refractivity contribution in [1.82, 2.24) is 10.6 Å². The van der Waals surface area contributed by atoms with Gasteiger partial charge < -0.3 is 21.1 Å². The summed E-state index contributed by atoms with van der Waals surface area (Å²) in [4.78, 5) is 35.5. The van der Waals surface area contributed by atoms with Crippen molar-refractivity contribution >= 4 is 30.4 Å². The molecule has 0 fully saturated rings. The fourth-order valence-corrected chi connectivity index (χ4v) is 2.15. The maximum Gasteiger partial charge on any atom is 0.329 e. The molecule has 0 aliphatic carbocycles. The number of nitrogens with one attached hydrogen (secondary N) is 2. The summed E-state index contributed by atoms with van der Waals surface area (Å²) in [5.74, 6) is -1.47. The first-order chi connectivity index (χ1) is 11.0. The SMILES string of the molecule is COC(=O)[C@@H](CS)NC(=O)[C@H](Cc1ccccc1)NC(=O)CN. The maximum absolute atomic E-state index is 12.4. The maximum atomic E-state index is 12.4. The van der Waals surface area contributed by atoms with Crippen LogP contribution < -0.4 is 16.4 Å². The Morgan fingerprint density at radius 1 is 1.17 bits per heavy atom. The summed E-state index contributed by atoms with van der Waals surface area (Å²) >= 11 is 4.02. The van der Waals surface area contributed by atoms with Crippen LogP contribution in [0.5, 0.6) is 0 Å². The number of benzene rings is 1. The molecule has 0 heterocycles. The van der Waals surface area contributed by atoms with Gasteiger partial charge in [0.15, 0.2) is 0 Å². The molecule has 0 aliphatic heterocycles. The van der Waals surface area contributed by atoms with E-state index in [4.69, 9.17) is 5.73 Å². The van der Waals surface area contributed by atoms with Crippen molar-refractivity contribution in [2.24, 2.45) is 5.73 Å². The third-order valence-corrected chi connectivity index (χ3v) is 3.47. The zero-order chi connectivity index (χ0) is 17.2. The average molecular weight is 339 g/mol. The van der Waals surface area contributed by atoms with E-state index >= 15 is 0 Å². The van der Waals surface area contributed by atoms with Crippen molar-refractivity contribution in [3.8, 4) is 0 Å². The molecule has 2 amide bonds. The number of carbonyl (C=O) groups excluding carboxylic acids is 3. The highest BCUT2D eigenvalue weighted by Gasteiger charge is 2.26. The van der Waals surface area contributed by atoms with Crippen LogP contribution in [0.25, 0.3) is 0 Å². The third-order valence-electron chi connectivity index (χ3n) is 3.10. The molecule has 1 rings (SSSR count). The number of rotatable bonds is 8. The Kier molecular flexibility index (Phi) is 8.14. The van der Waals surface area contributed by atoms with E-state index in [1.807, 2.05) is 30.3 Å². The Morgan fingerprint density at radius 2 is 1.83 bits per heavy atom. The van der Waals surface area contributed by atoms with Gasteiger partial charge in [0, 0.05) is 12.2 Å². The van der Waals surface area contributed by atoms with E-state index in [1.165, 1.54) is 7.11 Å². The monoisotopic (exact) mass is 339 g/mol. The quantitative estimate of drug-likeness (QED) is 0.368.